The molecule has 0 fully saturated rings. The van der Waals surface area contributed by atoms with Gasteiger partial charge in [-0.1, -0.05) is 13.8 Å². The van der Waals surface area contributed by atoms with E-state index >= 15 is 0 Å². The maximum absolute atomic E-state index is 12.4. The van der Waals surface area contributed by atoms with Crippen molar-refractivity contribution in [3.05, 3.63) is 36.2 Å². The zero-order valence-corrected chi connectivity index (χ0v) is 11.9. The zero-order chi connectivity index (χ0) is 14.6. The highest BCUT2D eigenvalue weighted by molar-refractivity contribution is 5.97. The molecule has 1 aromatic heterocycles. The summed E-state index contributed by atoms with van der Waals surface area (Å²) in [4.78, 5) is 20.8. The molecule has 0 radical (unpaired) electrons. The van der Waals surface area contributed by atoms with Crippen molar-refractivity contribution in [1.82, 2.24) is 15.3 Å². The van der Waals surface area contributed by atoms with Crippen LogP contribution < -0.4 is 11.1 Å². The molecule has 0 aliphatic rings. The summed E-state index contributed by atoms with van der Waals surface area (Å²) >= 11 is 0. The van der Waals surface area contributed by atoms with Crippen molar-refractivity contribution in [2.75, 3.05) is 6.54 Å². The number of fused-ring (bicyclic) bond motifs is 1. The van der Waals surface area contributed by atoms with Gasteiger partial charge in [0.15, 0.2) is 0 Å². The van der Waals surface area contributed by atoms with E-state index in [4.69, 9.17) is 5.73 Å². The minimum absolute atomic E-state index is 0.119. The van der Waals surface area contributed by atoms with Crippen molar-refractivity contribution < 1.29 is 4.79 Å². The first-order valence-corrected chi connectivity index (χ1v) is 6.87. The Morgan fingerprint density at radius 2 is 1.85 bits per heavy atom. The number of hydrogen-bond acceptors (Lipinski definition) is 4. The predicted octanol–water partition coefficient (Wildman–Crippen LogP) is 1.88. The number of nitrogens with zero attached hydrogens (tertiary/aromatic N) is 2. The zero-order valence-electron chi connectivity index (χ0n) is 11.9. The average molecular weight is 272 g/mol. The Morgan fingerprint density at radius 1 is 1.20 bits per heavy atom. The largest absolute Gasteiger partial charge is 0.345 e. The van der Waals surface area contributed by atoms with Gasteiger partial charge in [0.25, 0.3) is 5.91 Å². The summed E-state index contributed by atoms with van der Waals surface area (Å²) in [6.07, 6.45) is 4.86. The van der Waals surface area contributed by atoms with Gasteiger partial charge in [-0.05, 0) is 31.0 Å². The summed E-state index contributed by atoms with van der Waals surface area (Å²) in [6.45, 7) is 4.49. The summed E-state index contributed by atoms with van der Waals surface area (Å²) in [5.74, 6) is -0.119. The quantitative estimate of drug-likeness (QED) is 0.870. The van der Waals surface area contributed by atoms with Crippen molar-refractivity contribution >= 4 is 16.9 Å². The van der Waals surface area contributed by atoms with E-state index < -0.39 is 0 Å². The third-order valence-electron chi connectivity index (χ3n) is 3.85. The van der Waals surface area contributed by atoms with Crippen LogP contribution in [0.3, 0.4) is 0 Å². The highest BCUT2D eigenvalue weighted by Crippen LogP contribution is 2.16. The van der Waals surface area contributed by atoms with Crippen LogP contribution in [0.2, 0.25) is 0 Å². The first kappa shape index (κ1) is 14.4. The first-order chi connectivity index (χ1) is 9.64. The number of nitrogens with one attached hydrogen (secondary N) is 1. The lowest BCUT2D eigenvalue weighted by Crippen LogP contribution is -2.52. The maximum Gasteiger partial charge on any atom is 0.251 e. The van der Waals surface area contributed by atoms with Gasteiger partial charge in [-0.25, -0.2) is 0 Å². The van der Waals surface area contributed by atoms with Crippen LogP contribution >= 0.6 is 0 Å². The van der Waals surface area contributed by atoms with Gasteiger partial charge >= 0.3 is 0 Å². The molecular weight excluding hydrogens is 252 g/mol. The van der Waals surface area contributed by atoms with E-state index in [1.807, 2.05) is 13.8 Å². The van der Waals surface area contributed by atoms with Gasteiger partial charge in [-0.15, -0.1) is 0 Å². The van der Waals surface area contributed by atoms with Gasteiger partial charge in [0, 0.05) is 24.5 Å². The molecule has 0 bridgehead atoms. The Balaban J connectivity index is 2.27. The van der Waals surface area contributed by atoms with E-state index in [2.05, 4.69) is 15.3 Å². The second kappa shape index (κ2) is 5.96. The lowest BCUT2D eigenvalue weighted by molar-refractivity contribution is 0.0895. The molecule has 0 unspecified atom stereocenters. The molecule has 0 spiro atoms. The Labute approximate surface area is 118 Å². The van der Waals surface area contributed by atoms with Gasteiger partial charge in [-0.2, -0.15) is 0 Å². The fraction of sp³-hybridized carbons (Fsp3) is 0.400. The number of benzene rings is 1. The van der Waals surface area contributed by atoms with Crippen LogP contribution in [0.15, 0.2) is 30.6 Å². The Hall–Kier alpha value is -2.01. The number of hydrogen-bond donors (Lipinski definition) is 2. The Bertz CT molecular complexity index is 599. The topological polar surface area (TPSA) is 80.9 Å². The monoisotopic (exact) mass is 272 g/mol. The minimum atomic E-state index is -0.339. The van der Waals surface area contributed by atoms with Crippen LogP contribution in [0.25, 0.3) is 11.0 Å². The van der Waals surface area contributed by atoms with Crippen LogP contribution in [0, 0.1) is 0 Å². The Morgan fingerprint density at radius 3 is 2.45 bits per heavy atom. The van der Waals surface area contributed by atoms with Crippen molar-refractivity contribution in [2.24, 2.45) is 5.73 Å². The van der Waals surface area contributed by atoms with Crippen molar-refractivity contribution in [3.63, 3.8) is 0 Å². The van der Waals surface area contributed by atoms with Crippen molar-refractivity contribution in [1.29, 1.82) is 0 Å². The molecule has 2 rings (SSSR count). The van der Waals surface area contributed by atoms with Crippen LogP contribution in [0.5, 0.6) is 0 Å². The maximum atomic E-state index is 12.4. The van der Waals surface area contributed by atoms with Crippen LogP contribution in [-0.4, -0.2) is 28.0 Å². The molecule has 0 saturated carbocycles. The fourth-order valence-electron chi connectivity index (χ4n) is 2.18. The van der Waals surface area contributed by atoms with Gasteiger partial charge < -0.3 is 11.1 Å². The number of rotatable bonds is 5. The van der Waals surface area contributed by atoms with Gasteiger partial charge in [0.1, 0.15) is 0 Å². The van der Waals surface area contributed by atoms with Crippen LogP contribution in [0.4, 0.5) is 0 Å². The molecule has 1 heterocycles. The Kier molecular flexibility index (Phi) is 4.29. The number of carbonyl (C=O) groups is 1. The smallest absolute Gasteiger partial charge is 0.251 e. The summed E-state index contributed by atoms with van der Waals surface area (Å²) in [7, 11) is 0. The SMILES string of the molecule is CCC(CC)(CN)NC(=O)c1ccc2nccnc2c1. The van der Waals surface area contributed by atoms with E-state index in [1.54, 1.807) is 30.6 Å². The lowest BCUT2D eigenvalue weighted by Gasteiger charge is -2.31. The molecule has 0 saturated heterocycles. The molecule has 5 nitrogen and oxygen atoms in total. The number of nitrogens with two attached hydrogens (primary N) is 1. The molecule has 0 aliphatic carbocycles. The van der Waals surface area contributed by atoms with Gasteiger partial charge in [-0.3, -0.25) is 14.8 Å². The second-order valence-corrected chi connectivity index (χ2v) is 4.91. The number of amides is 1. The summed E-state index contributed by atoms with van der Waals surface area (Å²) in [6, 6.07) is 5.32. The molecule has 1 amide bonds. The van der Waals surface area contributed by atoms with Crippen molar-refractivity contribution in [3.8, 4) is 0 Å². The van der Waals surface area contributed by atoms with Gasteiger partial charge in [0.05, 0.1) is 16.6 Å². The fourth-order valence-corrected chi connectivity index (χ4v) is 2.18. The summed E-state index contributed by atoms with van der Waals surface area (Å²) in [5.41, 5.74) is 7.54. The van der Waals surface area contributed by atoms with E-state index in [0.29, 0.717) is 17.6 Å². The van der Waals surface area contributed by atoms with Crippen molar-refractivity contribution in [2.45, 2.75) is 32.2 Å². The molecule has 3 N–H and O–H groups in total. The normalized spacial score (nSPS) is 11.6. The van der Waals surface area contributed by atoms with Crippen LogP contribution in [-0.2, 0) is 0 Å². The second-order valence-electron chi connectivity index (χ2n) is 4.91. The number of aromatic nitrogens is 2. The molecule has 20 heavy (non-hydrogen) atoms. The third-order valence-corrected chi connectivity index (χ3v) is 3.85. The predicted molar refractivity (Wildman–Crippen MR) is 79.4 cm³/mol. The molecule has 5 heteroatoms. The van der Waals surface area contributed by atoms with E-state index in [1.165, 1.54) is 0 Å². The first-order valence-electron chi connectivity index (χ1n) is 6.87. The molecular formula is C15H20N4O. The highest BCUT2D eigenvalue weighted by Gasteiger charge is 2.26. The van der Waals surface area contributed by atoms with E-state index in [0.717, 1.165) is 18.4 Å². The van der Waals surface area contributed by atoms with Gasteiger partial charge in [0.2, 0.25) is 0 Å². The number of carbonyl (C=O) groups excluding carboxylic acids is 1. The third kappa shape index (κ3) is 2.77. The molecule has 106 valence electrons. The lowest BCUT2D eigenvalue weighted by atomic mass is 9.92. The molecule has 0 aliphatic heterocycles. The van der Waals surface area contributed by atoms with E-state index in [-0.39, 0.29) is 11.4 Å². The van der Waals surface area contributed by atoms with E-state index in [9.17, 15) is 4.79 Å². The molecule has 0 atom stereocenters. The summed E-state index contributed by atoms with van der Waals surface area (Å²) < 4.78 is 0. The molecule has 1 aromatic carbocycles. The van der Waals surface area contributed by atoms with Crippen LogP contribution in [0.1, 0.15) is 37.0 Å². The average Bonchev–Trinajstić information content (AvgIpc) is 2.52. The standard InChI is InChI=1S/C15H20N4O/c1-3-15(4-2,10-16)19-14(20)11-5-6-12-13(9-11)18-8-7-17-12/h5-9H,3-4,10,16H2,1-2H3,(H,19,20). The highest BCUT2D eigenvalue weighted by atomic mass is 16.1. The minimum Gasteiger partial charge on any atom is -0.345 e. The summed E-state index contributed by atoms with van der Waals surface area (Å²) in [5, 5.41) is 3.05. The molecule has 2 aromatic rings.